The largest absolute Gasteiger partial charge is 0.454 e. The zero-order valence-electron chi connectivity index (χ0n) is 14.3. The number of amides is 1. The van der Waals surface area contributed by atoms with E-state index in [4.69, 9.17) is 14.5 Å². The lowest BCUT2D eigenvalue weighted by Gasteiger charge is -2.23. The van der Waals surface area contributed by atoms with Crippen molar-refractivity contribution in [3.63, 3.8) is 0 Å². The highest BCUT2D eigenvalue weighted by Gasteiger charge is 2.27. The van der Waals surface area contributed by atoms with Crippen LogP contribution in [0.1, 0.15) is 17.8 Å². The highest BCUT2D eigenvalue weighted by atomic mass is 16.7. The number of nitrogens with zero attached hydrogens (tertiary/aromatic N) is 2. The van der Waals surface area contributed by atoms with Crippen molar-refractivity contribution >= 4 is 16.9 Å². The molecule has 0 unspecified atom stereocenters. The maximum atomic E-state index is 12.6. The molecule has 6 heteroatoms. The minimum Gasteiger partial charge on any atom is -0.454 e. The van der Waals surface area contributed by atoms with E-state index in [-0.39, 0.29) is 18.6 Å². The number of para-hydroxylation sites is 2. The summed E-state index contributed by atoms with van der Waals surface area (Å²) in [4.78, 5) is 17.3. The van der Waals surface area contributed by atoms with Crippen molar-refractivity contribution in [2.75, 3.05) is 6.79 Å². The van der Waals surface area contributed by atoms with Crippen LogP contribution in [0.2, 0.25) is 0 Å². The van der Waals surface area contributed by atoms with Gasteiger partial charge in [0.1, 0.15) is 5.82 Å². The van der Waals surface area contributed by atoms with Crippen molar-refractivity contribution in [3.05, 3.63) is 53.9 Å². The molecular formula is C20H19N3O3. The summed E-state index contributed by atoms with van der Waals surface area (Å²) in [5.74, 6) is 2.55. The van der Waals surface area contributed by atoms with E-state index in [9.17, 15) is 4.79 Å². The fraction of sp³-hybridized carbons (Fsp3) is 0.300. The van der Waals surface area contributed by atoms with Crippen LogP contribution in [-0.2, 0) is 24.3 Å². The molecule has 1 N–H and O–H groups in total. The lowest BCUT2D eigenvalue weighted by atomic mass is 9.96. The Morgan fingerprint density at radius 3 is 3.04 bits per heavy atom. The zero-order chi connectivity index (χ0) is 17.5. The van der Waals surface area contributed by atoms with Crippen molar-refractivity contribution < 1.29 is 14.3 Å². The molecule has 0 spiro atoms. The van der Waals surface area contributed by atoms with Crippen LogP contribution in [0.25, 0.3) is 11.0 Å². The number of aromatic nitrogens is 2. The number of nitrogens with one attached hydrogen (secondary N) is 1. The molecule has 2 aromatic carbocycles. The predicted octanol–water partition coefficient (Wildman–Crippen LogP) is 2.64. The molecule has 6 nitrogen and oxygen atoms in total. The summed E-state index contributed by atoms with van der Waals surface area (Å²) >= 11 is 0. The number of ether oxygens (including phenoxy) is 2. The van der Waals surface area contributed by atoms with Crippen molar-refractivity contribution in [2.24, 2.45) is 5.92 Å². The van der Waals surface area contributed by atoms with E-state index in [2.05, 4.69) is 16.0 Å². The summed E-state index contributed by atoms with van der Waals surface area (Å²) in [7, 11) is 0. The second-order valence-electron chi connectivity index (χ2n) is 6.76. The molecule has 26 heavy (non-hydrogen) atoms. The number of hydrogen-bond acceptors (Lipinski definition) is 4. The molecule has 5 rings (SSSR count). The molecule has 132 valence electrons. The molecular weight excluding hydrogens is 330 g/mol. The number of hydrogen-bond donors (Lipinski definition) is 1. The lowest BCUT2D eigenvalue weighted by Crippen LogP contribution is -2.35. The molecule has 0 saturated carbocycles. The first-order valence-corrected chi connectivity index (χ1v) is 8.88. The molecule has 0 saturated heterocycles. The van der Waals surface area contributed by atoms with Crippen LogP contribution in [0, 0.1) is 5.92 Å². The molecule has 0 bridgehead atoms. The maximum absolute atomic E-state index is 12.6. The average Bonchev–Trinajstić information content (AvgIpc) is 3.29. The second kappa shape index (κ2) is 6.05. The predicted molar refractivity (Wildman–Crippen MR) is 96.0 cm³/mol. The van der Waals surface area contributed by atoms with Gasteiger partial charge in [-0.1, -0.05) is 18.2 Å². The van der Waals surface area contributed by atoms with E-state index in [0.717, 1.165) is 46.9 Å². The van der Waals surface area contributed by atoms with E-state index in [0.29, 0.717) is 13.0 Å². The topological polar surface area (TPSA) is 65.4 Å². The molecule has 0 fully saturated rings. The minimum absolute atomic E-state index is 0.0340. The van der Waals surface area contributed by atoms with Gasteiger partial charge in [-0.15, -0.1) is 0 Å². The Bertz CT molecular complexity index is 995. The fourth-order valence-electron chi connectivity index (χ4n) is 3.75. The SMILES string of the molecule is O=C(NCc1ccc2c(c1)OCO2)[C@H]1CCn2c(nc3ccccc32)C1. The van der Waals surface area contributed by atoms with E-state index in [1.165, 1.54) is 0 Å². The third-order valence-corrected chi connectivity index (χ3v) is 5.14. The van der Waals surface area contributed by atoms with E-state index in [1.807, 2.05) is 36.4 Å². The van der Waals surface area contributed by atoms with Crippen LogP contribution in [0.5, 0.6) is 11.5 Å². The van der Waals surface area contributed by atoms with Gasteiger partial charge in [0.15, 0.2) is 11.5 Å². The van der Waals surface area contributed by atoms with Crippen molar-refractivity contribution in [2.45, 2.75) is 25.9 Å². The molecule has 3 heterocycles. The summed E-state index contributed by atoms with van der Waals surface area (Å²) in [5, 5.41) is 3.05. The number of fused-ring (bicyclic) bond motifs is 4. The van der Waals surface area contributed by atoms with Gasteiger partial charge >= 0.3 is 0 Å². The standard InChI is InChI=1S/C20H19N3O3/c24-20(21-11-13-5-6-17-18(9-13)26-12-25-17)14-7-8-23-16-4-2-1-3-15(16)22-19(23)10-14/h1-6,9,14H,7-8,10-12H2,(H,21,24)/t14-/m0/s1. The number of aryl methyl sites for hydroxylation is 1. The van der Waals surface area contributed by atoms with Crippen LogP contribution in [-0.4, -0.2) is 22.3 Å². The molecule has 0 aliphatic carbocycles. The first kappa shape index (κ1) is 15.3. The molecule has 2 aliphatic heterocycles. The highest BCUT2D eigenvalue weighted by molar-refractivity contribution is 5.80. The molecule has 0 radical (unpaired) electrons. The molecule has 1 aromatic heterocycles. The number of carbonyl (C=O) groups excluding carboxylic acids is 1. The lowest BCUT2D eigenvalue weighted by molar-refractivity contribution is -0.125. The van der Waals surface area contributed by atoms with E-state index >= 15 is 0 Å². The Hall–Kier alpha value is -3.02. The quantitative estimate of drug-likeness (QED) is 0.789. The summed E-state index contributed by atoms with van der Waals surface area (Å²) in [5.41, 5.74) is 3.16. The Morgan fingerprint density at radius 1 is 1.19 bits per heavy atom. The summed E-state index contributed by atoms with van der Waals surface area (Å²) < 4.78 is 12.9. The summed E-state index contributed by atoms with van der Waals surface area (Å²) in [6.45, 7) is 1.58. The second-order valence-corrected chi connectivity index (χ2v) is 6.76. The normalized spacial score (nSPS) is 17.9. The Balaban J connectivity index is 1.26. The molecule has 2 aliphatic rings. The smallest absolute Gasteiger partial charge is 0.231 e. The Morgan fingerprint density at radius 2 is 2.08 bits per heavy atom. The van der Waals surface area contributed by atoms with Crippen LogP contribution < -0.4 is 14.8 Å². The molecule has 3 aromatic rings. The number of benzene rings is 2. The first-order valence-electron chi connectivity index (χ1n) is 8.88. The van der Waals surface area contributed by atoms with Gasteiger partial charge in [-0.3, -0.25) is 4.79 Å². The average molecular weight is 349 g/mol. The number of rotatable bonds is 3. The number of imidazole rings is 1. The summed E-state index contributed by atoms with van der Waals surface area (Å²) in [6.07, 6.45) is 1.52. The van der Waals surface area contributed by atoms with Crippen LogP contribution in [0.15, 0.2) is 42.5 Å². The number of carbonyl (C=O) groups is 1. The fourth-order valence-corrected chi connectivity index (χ4v) is 3.75. The summed E-state index contributed by atoms with van der Waals surface area (Å²) in [6, 6.07) is 13.9. The van der Waals surface area contributed by atoms with Gasteiger partial charge < -0.3 is 19.4 Å². The van der Waals surface area contributed by atoms with Crippen LogP contribution in [0.4, 0.5) is 0 Å². The van der Waals surface area contributed by atoms with Crippen LogP contribution in [0.3, 0.4) is 0 Å². The van der Waals surface area contributed by atoms with Gasteiger partial charge in [-0.25, -0.2) is 4.98 Å². The van der Waals surface area contributed by atoms with Crippen molar-refractivity contribution in [1.82, 2.24) is 14.9 Å². The van der Waals surface area contributed by atoms with Gasteiger partial charge in [0, 0.05) is 25.4 Å². The first-order chi connectivity index (χ1) is 12.8. The monoisotopic (exact) mass is 349 g/mol. The maximum Gasteiger partial charge on any atom is 0.231 e. The van der Waals surface area contributed by atoms with Crippen molar-refractivity contribution in [1.29, 1.82) is 0 Å². The van der Waals surface area contributed by atoms with Gasteiger partial charge in [0.25, 0.3) is 0 Å². The molecule has 1 amide bonds. The van der Waals surface area contributed by atoms with Crippen LogP contribution >= 0.6 is 0 Å². The van der Waals surface area contributed by atoms with Gasteiger partial charge in [0.05, 0.1) is 11.0 Å². The zero-order valence-corrected chi connectivity index (χ0v) is 14.3. The molecule has 1 atom stereocenters. The highest BCUT2D eigenvalue weighted by Crippen LogP contribution is 2.32. The van der Waals surface area contributed by atoms with Crippen molar-refractivity contribution in [3.8, 4) is 11.5 Å². The van der Waals surface area contributed by atoms with Gasteiger partial charge in [-0.2, -0.15) is 0 Å². The van der Waals surface area contributed by atoms with E-state index < -0.39 is 0 Å². The van der Waals surface area contributed by atoms with E-state index in [1.54, 1.807) is 0 Å². The Labute approximate surface area is 150 Å². The van der Waals surface area contributed by atoms with Gasteiger partial charge in [-0.05, 0) is 36.2 Å². The third kappa shape index (κ3) is 2.58. The third-order valence-electron chi connectivity index (χ3n) is 5.14. The Kier molecular flexibility index (Phi) is 3.55. The minimum atomic E-state index is -0.0340. The van der Waals surface area contributed by atoms with Gasteiger partial charge in [0.2, 0.25) is 12.7 Å².